The number of rotatable bonds is 5. The van der Waals surface area contributed by atoms with Gasteiger partial charge in [-0.15, -0.1) is 0 Å². The summed E-state index contributed by atoms with van der Waals surface area (Å²) in [5, 5.41) is 11.7. The van der Waals surface area contributed by atoms with E-state index in [1.54, 1.807) is 23.1 Å². The molecule has 2 aromatic carbocycles. The molecule has 0 fully saturated rings. The number of ketones is 1. The molecule has 4 nitrogen and oxygen atoms in total. The number of anilines is 1. The molecule has 0 bridgehead atoms. The van der Waals surface area contributed by atoms with Gasteiger partial charge in [0, 0.05) is 22.7 Å². The summed E-state index contributed by atoms with van der Waals surface area (Å²) < 4.78 is 0. The summed E-state index contributed by atoms with van der Waals surface area (Å²) in [5.41, 5.74) is 1.69. The monoisotopic (exact) mass is 381 g/mol. The second-order valence-electron chi connectivity index (χ2n) is 7.06. The van der Waals surface area contributed by atoms with Crippen LogP contribution in [-0.2, 0) is 21.6 Å². The van der Waals surface area contributed by atoms with Crippen molar-refractivity contribution in [1.82, 2.24) is 0 Å². The number of allylic oxidation sites excluding steroid dienone is 2. The second kappa shape index (κ2) is 6.63. The molecule has 138 valence electrons. The molecular weight excluding hydrogens is 362 g/mol. The lowest BCUT2D eigenvalue weighted by molar-refractivity contribution is -0.140. The Labute approximate surface area is 163 Å². The molecule has 4 rings (SSSR count). The second-order valence-corrected chi connectivity index (χ2v) is 7.49. The van der Waals surface area contributed by atoms with E-state index < -0.39 is 11.5 Å². The van der Waals surface area contributed by atoms with Crippen LogP contribution < -0.4 is 4.90 Å². The van der Waals surface area contributed by atoms with Gasteiger partial charge >= 0.3 is 0 Å². The Balaban J connectivity index is 1.70. The van der Waals surface area contributed by atoms with Crippen molar-refractivity contribution in [2.75, 3.05) is 11.4 Å². The van der Waals surface area contributed by atoms with Crippen LogP contribution in [0.15, 0.2) is 48.5 Å². The summed E-state index contributed by atoms with van der Waals surface area (Å²) in [6.07, 6.45) is 3.02. The molecule has 1 N–H and O–H groups in total. The highest BCUT2D eigenvalue weighted by atomic mass is 35.5. The number of hydrogen-bond donors (Lipinski definition) is 1. The van der Waals surface area contributed by atoms with E-state index >= 15 is 0 Å². The van der Waals surface area contributed by atoms with E-state index in [9.17, 15) is 14.7 Å². The Kier molecular flexibility index (Phi) is 4.41. The number of amides is 1. The van der Waals surface area contributed by atoms with Gasteiger partial charge in [-0.2, -0.15) is 0 Å². The zero-order valence-corrected chi connectivity index (χ0v) is 15.8. The Hall–Kier alpha value is -2.43. The number of nitrogens with zero attached hydrogens (tertiary/aromatic N) is 1. The predicted octanol–water partition coefficient (Wildman–Crippen LogP) is 3.88. The summed E-state index contributed by atoms with van der Waals surface area (Å²) in [6.45, 7) is 2.45. The van der Waals surface area contributed by atoms with Crippen LogP contribution in [0.2, 0.25) is 5.02 Å². The van der Waals surface area contributed by atoms with Crippen LogP contribution in [0.5, 0.6) is 0 Å². The highest BCUT2D eigenvalue weighted by Gasteiger charge is 2.51. The zero-order chi connectivity index (χ0) is 19.2. The Bertz CT molecular complexity index is 981. The largest absolute Gasteiger partial charge is 0.375 e. The lowest BCUT2D eigenvalue weighted by Gasteiger charge is -2.23. The molecule has 1 unspecified atom stereocenters. The van der Waals surface area contributed by atoms with E-state index in [-0.39, 0.29) is 12.2 Å². The molecule has 2 aromatic rings. The van der Waals surface area contributed by atoms with Gasteiger partial charge in [-0.3, -0.25) is 9.59 Å². The number of carbonyl (C=O) groups is 2. The molecule has 0 radical (unpaired) electrons. The third kappa shape index (κ3) is 2.80. The third-order valence-corrected chi connectivity index (χ3v) is 5.53. The molecule has 1 atom stereocenters. The topological polar surface area (TPSA) is 57.6 Å². The van der Waals surface area contributed by atoms with Gasteiger partial charge in [0.25, 0.3) is 5.91 Å². The number of fused-ring (bicyclic) bond motifs is 2. The number of carbonyl (C=O) groups excluding carboxylic acids is 2. The van der Waals surface area contributed by atoms with E-state index in [0.717, 1.165) is 17.5 Å². The number of Topliss-reactive ketones (excluding diaryl/α,β-unsaturated/α-hetero) is 1. The van der Waals surface area contributed by atoms with E-state index in [1.165, 1.54) is 0 Å². The Morgan fingerprint density at radius 2 is 2.04 bits per heavy atom. The fourth-order valence-corrected chi connectivity index (χ4v) is 4.19. The highest BCUT2D eigenvalue weighted by molar-refractivity contribution is 6.31. The molecule has 27 heavy (non-hydrogen) atoms. The van der Waals surface area contributed by atoms with Crippen molar-refractivity contribution in [3.05, 3.63) is 70.3 Å². The minimum absolute atomic E-state index is 0.236. The molecule has 0 spiro atoms. The SMILES string of the molecule is CCCN1C(=O)C(O)(CC(=O)C2=CCc3ccccc32)c2cc(Cl)ccc21. The number of benzene rings is 2. The minimum Gasteiger partial charge on any atom is -0.375 e. The van der Waals surface area contributed by atoms with Crippen molar-refractivity contribution < 1.29 is 14.7 Å². The maximum absolute atomic E-state index is 13.0. The minimum atomic E-state index is -1.88. The maximum Gasteiger partial charge on any atom is 0.264 e. The number of hydrogen-bond acceptors (Lipinski definition) is 3. The molecule has 1 heterocycles. The Morgan fingerprint density at radius 1 is 1.26 bits per heavy atom. The van der Waals surface area contributed by atoms with Crippen LogP contribution in [0, 0.1) is 0 Å². The highest BCUT2D eigenvalue weighted by Crippen LogP contribution is 2.45. The van der Waals surface area contributed by atoms with Crippen molar-refractivity contribution in [1.29, 1.82) is 0 Å². The van der Waals surface area contributed by atoms with Gasteiger partial charge in [0.2, 0.25) is 0 Å². The normalized spacial score (nSPS) is 20.5. The molecule has 1 amide bonds. The van der Waals surface area contributed by atoms with Gasteiger partial charge in [-0.05, 0) is 42.2 Å². The maximum atomic E-state index is 13.0. The zero-order valence-electron chi connectivity index (χ0n) is 15.0. The van der Waals surface area contributed by atoms with E-state index in [0.29, 0.717) is 34.8 Å². The number of halogens is 1. The smallest absolute Gasteiger partial charge is 0.264 e. The first-order chi connectivity index (χ1) is 13.0. The Morgan fingerprint density at radius 3 is 2.81 bits per heavy atom. The van der Waals surface area contributed by atoms with E-state index in [2.05, 4.69) is 0 Å². The third-order valence-electron chi connectivity index (χ3n) is 5.29. The van der Waals surface area contributed by atoms with Crippen molar-refractivity contribution in [3.63, 3.8) is 0 Å². The summed E-state index contributed by atoms with van der Waals surface area (Å²) in [6, 6.07) is 12.7. The van der Waals surface area contributed by atoms with Crippen molar-refractivity contribution >= 4 is 34.6 Å². The standard InChI is InChI=1S/C22H20ClNO3/c1-2-11-24-19-10-8-15(23)12-18(19)22(27,21(24)26)13-20(25)17-9-7-14-5-3-4-6-16(14)17/h3-6,8-10,12,27H,2,7,11,13H2,1H3. The molecule has 1 aliphatic carbocycles. The van der Waals surface area contributed by atoms with Gasteiger partial charge in [0.15, 0.2) is 11.4 Å². The van der Waals surface area contributed by atoms with E-state index in [1.807, 2.05) is 37.3 Å². The molecule has 0 aromatic heterocycles. The van der Waals surface area contributed by atoms with Crippen molar-refractivity contribution in [3.8, 4) is 0 Å². The van der Waals surface area contributed by atoms with Gasteiger partial charge in [0.05, 0.1) is 12.1 Å². The quantitative estimate of drug-likeness (QED) is 0.855. The van der Waals surface area contributed by atoms with Crippen molar-refractivity contribution in [2.45, 2.75) is 31.8 Å². The van der Waals surface area contributed by atoms with Crippen molar-refractivity contribution in [2.24, 2.45) is 0 Å². The van der Waals surface area contributed by atoms with Gasteiger partial charge in [0.1, 0.15) is 0 Å². The van der Waals surface area contributed by atoms with Gasteiger partial charge in [-0.25, -0.2) is 0 Å². The molecule has 1 aliphatic heterocycles. The lowest BCUT2D eigenvalue weighted by Crippen LogP contribution is -2.42. The van der Waals surface area contributed by atoms with Gasteiger partial charge < -0.3 is 10.0 Å². The average molecular weight is 382 g/mol. The van der Waals surface area contributed by atoms with Crippen LogP contribution in [0.3, 0.4) is 0 Å². The predicted molar refractivity (Wildman–Crippen MR) is 106 cm³/mol. The van der Waals surface area contributed by atoms with Crippen LogP contribution in [0.4, 0.5) is 5.69 Å². The number of aliphatic hydroxyl groups is 1. The first kappa shape index (κ1) is 18.0. The first-order valence-corrected chi connectivity index (χ1v) is 9.49. The summed E-state index contributed by atoms with van der Waals surface area (Å²) >= 11 is 6.12. The lowest BCUT2D eigenvalue weighted by atomic mass is 9.87. The average Bonchev–Trinajstić information content (AvgIpc) is 3.17. The fourth-order valence-electron chi connectivity index (χ4n) is 4.01. The summed E-state index contributed by atoms with van der Waals surface area (Å²) in [4.78, 5) is 27.6. The first-order valence-electron chi connectivity index (χ1n) is 9.11. The summed E-state index contributed by atoms with van der Waals surface area (Å²) in [7, 11) is 0. The summed E-state index contributed by atoms with van der Waals surface area (Å²) in [5.74, 6) is -0.693. The molecule has 5 heteroatoms. The molecule has 0 saturated carbocycles. The van der Waals surface area contributed by atoms with Gasteiger partial charge in [-0.1, -0.05) is 48.9 Å². The van der Waals surface area contributed by atoms with Crippen LogP contribution in [0.1, 0.15) is 36.5 Å². The molecule has 0 saturated heterocycles. The van der Waals surface area contributed by atoms with E-state index in [4.69, 9.17) is 11.6 Å². The van der Waals surface area contributed by atoms with Crippen LogP contribution in [-0.4, -0.2) is 23.3 Å². The van der Waals surface area contributed by atoms with Crippen LogP contribution >= 0.6 is 11.6 Å². The van der Waals surface area contributed by atoms with Crippen LogP contribution in [0.25, 0.3) is 5.57 Å². The fraction of sp³-hybridized carbons (Fsp3) is 0.273. The molecular formula is C22H20ClNO3. The molecule has 2 aliphatic rings.